The molecule has 9 atom stereocenters. The topological polar surface area (TPSA) is 166 Å². The van der Waals surface area contributed by atoms with E-state index in [4.69, 9.17) is 18.9 Å². The molecule has 2 saturated carbocycles. The molecule has 0 amide bonds. The van der Waals surface area contributed by atoms with Gasteiger partial charge in [-0.1, -0.05) is 32.0 Å². The standard InChI is InChI=1S/C31H38O11/c1-15-19(34)13-31(38)26(41-27(37)18-10-8-7-9-11-18)24-29(6,20(35)12-21-30(24,14-39-21)42-17(3)33)25(36)23(40-16(2)32)22(15)28(31,4)5/h7-11,19-21,23-24,26,34-35,38H,12-14H2,1-6H3/t19-,20?,21?,23?,24?,26-,29?,30?,31?/m0/s1. The van der Waals surface area contributed by atoms with Gasteiger partial charge in [0.1, 0.15) is 17.8 Å². The lowest BCUT2D eigenvalue weighted by atomic mass is 9.44. The number of ketones is 1. The molecule has 11 nitrogen and oxygen atoms in total. The number of hydrogen-bond donors (Lipinski definition) is 3. The highest BCUT2D eigenvalue weighted by Crippen LogP contribution is 2.64. The van der Waals surface area contributed by atoms with Crippen molar-refractivity contribution < 1.29 is 53.4 Å². The lowest BCUT2D eigenvalue weighted by Gasteiger charge is -2.67. The maximum absolute atomic E-state index is 14.8. The monoisotopic (exact) mass is 586 g/mol. The molecular formula is C31H38O11. The third-order valence-corrected chi connectivity index (χ3v) is 10.2. The van der Waals surface area contributed by atoms with Gasteiger partial charge in [-0.3, -0.25) is 14.4 Å². The van der Waals surface area contributed by atoms with E-state index in [-0.39, 0.29) is 30.6 Å². The molecule has 0 spiro atoms. The predicted octanol–water partition coefficient (Wildman–Crippen LogP) is 1.65. The lowest BCUT2D eigenvalue weighted by molar-refractivity contribution is -0.345. The van der Waals surface area contributed by atoms with E-state index in [1.165, 1.54) is 26.0 Å². The van der Waals surface area contributed by atoms with Gasteiger partial charge < -0.3 is 34.3 Å². The molecule has 0 radical (unpaired) electrons. The Morgan fingerprint density at radius 1 is 1.00 bits per heavy atom. The van der Waals surface area contributed by atoms with Crippen LogP contribution in [0.2, 0.25) is 0 Å². The first-order chi connectivity index (χ1) is 19.5. The summed E-state index contributed by atoms with van der Waals surface area (Å²) in [5.41, 5.74) is -6.38. The zero-order chi connectivity index (χ0) is 31.0. The number of carbonyl (C=O) groups excluding carboxylic acids is 4. The van der Waals surface area contributed by atoms with Crippen LogP contribution in [-0.2, 0) is 33.3 Å². The number of aliphatic hydroxyl groups excluding tert-OH is 2. The van der Waals surface area contributed by atoms with Crippen molar-refractivity contribution in [3.8, 4) is 0 Å². The Morgan fingerprint density at radius 3 is 2.19 bits per heavy atom. The molecule has 3 aliphatic carbocycles. The number of benzene rings is 1. The average Bonchev–Trinajstić information content (AvgIpc) is 2.90. The average molecular weight is 587 g/mol. The van der Waals surface area contributed by atoms with Gasteiger partial charge in [-0.25, -0.2) is 4.79 Å². The molecule has 228 valence electrons. The lowest BCUT2D eigenvalue weighted by Crippen LogP contribution is -2.81. The summed E-state index contributed by atoms with van der Waals surface area (Å²) < 4.78 is 23.5. The maximum atomic E-state index is 14.8. The van der Waals surface area contributed by atoms with E-state index in [9.17, 15) is 34.5 Å². The number of esters is 3. The second-order valence-corrected chi connectivity index (χ2v) is 12.8. The Hall–Kier alpha value is -3.12. The molecule has 0 aromatic heterocycles. The van der Waals surface area contributed by atoms with E-state index in [1.807, 2.05) is 0 Å². The van der Waals surface area contributed by atoms with Gasteiger partial charge in [0.05, 0.1) is 35.7 Å². The van der Waals surface area contributed by atoms with Gasteiger partial charge in [-0.2, -0.15) is 0 Å². The molecule has 7 unspecified atom stereocenters. The second kappa shape index (κ2) is 9.97. The minimum atomic E-state index is -2.11. The zero-order valence-corrected chi connectivity index (χ0v) is 24.6. The second-order valence-electron chi connectivity index (χ2n) is 12.8. The third kappa shape index (κ3) is 4.08. The molecule has 11 heteroatoms. The quantitative estimate of drug-likeness (QED) is 0.267. The van der Waals surface area contributed by atoms with E-state index in [2.05, 4.69) is 0 Å². The van der Waals surface area contributed by atoms with Crippen LogP contribution in [-0.4, -0.2) is 87.3 Å². The van der Waals surface area contributed by atoms with E-state index in [1.54, 1.807) is 39.0 Å². The number of rotatable bonds is 4. The maximum Gasteiger partial charge on any atom is 0.338 e. The highest BCUT2D eigenvalue weighted by Gasteiger charge is 2.78. The number of ether oxygens (including phenoxy) is 4. The first kappa shape index (κ1) is 30.3. The molecule has 1 aromatic rings. The van der Waals surface area contributed by atoms with E-state index in [0.717, 1.165) is 6.92 Å². The van der Waals surface area contributed by atoms with Gasteiger partial charge in [0.2, 0.25) is 0 Å². The van der Waals surface area contributed by atoms with Crippen molar-refractivity contribution in [2.75, 3.05) is 6.61 Å². The van der Waals surface area contributed by atoms with Crippen LogP contribution < -0.4 is 0 Å². The van der Waals surface area contributed by atoms with Crippen molar-refractivity contribution in [1.29, 1.82) is 0 Å². The normalized spacial score (nSPS) is 40.4. The summed E-state index contributed by atoms with van der Waals surface area (Å²) in [5, 5.41) is 35.8. The smallest absolute Gasteiger partial charge is 0.338 e. The fourth-order valence-corrected chi connectivity index (χ4v) is 7.91. The SMILES string of the molecule is CC(=O)OC1C(=O)C2(C)C(O)CC3OCC3(OC(C)=O)C2[C@H](OC(=O)c2ccccc2)C2(O)C[C@H](O)C(C)=C1C2(C)C. The fraction of sp³-hybridized carbons (Fsp3) is 0.613. The molecule has 42 heavy (non-hydrogen) atoms. The molecule has 1 aliphatic heterocycles. The summed E-state index contributed by atoms with van der Waals surface area (Å²) in [6.07, 6.45) is -7.27. The van der Waals surface area contributed by atoms with Crippen LogP contribution in [0.1, 0.15) is 64.7 Å². The van der Waals surface area contributed by atoms with Crippen LogP contribution in [0.5, 0.6) is 0 Å². The van der Waals surface area contributed by atoms with Gasteiger partial charge in [-0.15, -0.1) is 0 Å². The number of aliphatic hydroxyl groups is 3. The minimum Gasteiger partial charge on any atom is -0.455 e. The Labute approximate surface area is 243 Å². The Bertz CT molecular complexity index is 1350. The van der Waals surface area contributed by atoms with Crippen molar-refractivity contribution >= 4 is 23.7 Å². The highest BCUT2D eigenvalue weighted by atomic mass is 16.6. The number of hydrogen-bond acceptors (Lipinski definition) is 11. The molecule has 3 N–H and O–H groups in total. The first-order valence-electron chi connectivity index (χ1n) is 14.1. The highest BCUT2D eigenvalue weighted by molar-refractivity contribution is 5.95. The third-order valence-electron chi connectivity index (χ3n) is 10.2. The molecule has 1 heterocycles. The van der Waals surface area contributed by atoms with Gasteiger partial charge in [0.15, 0.2) is 17.5 Å². The van der Waals surface area contributed by atoms with E-state index < -0.39 is 82.2 Å². The first-order valence-corrected chi connectivity index (χ1v) is 14.1. The van der Waals surface area contributed by atoms with Crippen molar-refractivity contribution in [3.63, 3.8) is 0 Å². The largest absolute Gasteiger partial charge is 0.455 e. The number of fused-ring (bicyclic) bond motifs is 5. The molecule has 1 aromatic carbocycles. The Balaban J connectivity index is 1.84. The van der Waals surface area contributed by atoms with E-state index >= 15 is 0 Å². The minimum absolute atomic E-state index is 0.110. The Morgan fingerprint density at radius 2 is 1.64 bits per heavy atom. The summed E-state index contributed by atoms with van der Waals surface area (Å²) in [6, 6.07) is 8.05. The van der Waals surface area contributed by atoms with Gasteiger partial charge in [-0.05, 0) is 37.1 Å². The molecular weight excluding hydrogens is 548 g/mol. The number of Topliss-reactive ketones (excluding diaryl/α,β-unsaturated/α-hetero) is 1. The van der Waals surface area contributed by atoms with Crippen LogP contribution in [0.4, 0.5) is 0 Å². The van der Waals surface area contributed by atoms with Crippen LogP contribution in [0, 0.1) is 16.7 Å². The summed E-state index contributed by atoms with van der Waals surface area (Å²) in [7, 11) is 0. The summed E-state index contributed by atoms with van der Waals surface area (Å²) in [6.45, 7) is 8.42. The fourth-order valence-electron chi connectivity index (χ4n) is 7.91. The summed E-state index contributed by atoms with van der Waals surface area (Å²) >= 11 is 0. The molecule has 3 fully saturated rings. The van der Waals surface area contributed by atoms with Crippen LogP contribution in [0.15, 0.2) is 41.5 Å². The predicted molar refractivity (Wildman–Crippen MR) is 145 cm³/mol. The van der Waals surface area contributed by atoms with Gasteiger partial charge >= 0.3 is 17.9 Å². The molecule has 2 bridgehead atoms. The molecule has 5 rings (SSSR count). The Kier molecular flexibility index (Phi) is 7.20. The summed E-state index contributed by atoms with van der Waals surface area (Å²) in [5.74, 6) is -4.41. The van der Waals surface area contributed by atoms with Gasteiger partial charge in [0.25, 0.3) is 0 Å². The zero-order valence-electron chi connectivity index (χ0n) is 24.6. The van der Waals surface area contributed by atoms with Crippen LogP contribution in [0.3, 0.4) is 0 Å². The van der Waals surface area contributed by atoms with Gasteiger partial charge in [0, 0.05) is 32.1 Å². The molecule has 1 saturated heterocycles. The summed E-state index contributed by atoms with van der Waals surface area (Å²) in [4.78, 5) is 53.4. The van der Waals surface area contributed by atoms with Crippen molar-refractivity contribution in [3.05, 3.63) is 47.0 Å². The number of carbonyl (C=O) groups is 4. The van der Waals surface area contributed by atoms with Crippen LogP contribution >= 0.6 is 0 Å². The van der Waals surface area contributed by atoms with Crippen LogP contribution in [0.25, 0.3) is 0 Å². The van der Waals surface area contributed by atoms with Crippen molar-refractivity contribution in [2.24, 2.45) is 16.7 Å². The van der Waals surface area contributed by atoms with Crippen molar-refractivity contribution in [1.82, 2.24) is 0 Å². The van der Waals surface area contributed by atoms with Crippen molar-refractivity contribution in [2.45, 2.75) is 96.1 Å². The molecule has 4 aliphatic rings. The van der Waals surface area contributed by atoms with E-state index in [0.29, 0.717) is 5.57 Å².